The summed E-state index contributed by atoms with van der Waals surface area (Å²) in [6.07, 6.45) is 2.01. The first-order chi connectivity index (χ1) is 7.68. The van der Waals surface area contributed by atoms with Crippen molar-refractivity contribution in [2.75, 3.05) is 0 Å². The third-order valence-corrected chi connectivity index (χ3v) is 3.26. The zero-order chi connectivity index (χ0) is 11.5. The minimum absolute atomic E-state index is 0.0129. The normalized spacial score (nSPS) is 21.2. The van der Waals surface area contributed by atoms with Gasteiger partial charge in [0.1, 0.15) is 0 Å². The smallest absolute Gasteiger partial charge is 0.305 e. The van der Waals surface area contributed by atoms with E-state index < -0.39 is 12.1 Å². The summed E-state index contributed by atoms with van der Waals surface area (Å²) in [5.74, 6) is -0.948. The summed E-state index contributed by atoms with van der Waals surface area (Å²) in [5, 5.41) is 18.6. The first kappa shape index (κ1) is 11.1. The molecule has 2 rings (SSSR count). The van der Waals surface area contributed by atoms with Crippen LogP contribution in [0.2, 0.25) is 0 Å². The van der Waals surface area contributed by atoms with Crippen LogP contribution in [0.5, 0.6) is 0 Å². The molecule has 1 unspecified atom stereocenters. The van der Waals surface area contributed by atoms with Crippen molar-refractivity contribution in [1.82, 2.24) is 0 Å². The molecule has 0 fully saturated rings. The van der Waals surface area contributed by atoms with E-state index >= 15 is 0 Å². The van der Waals surface area contributed by atoms with Crippen LogP contribution in [0.1, 0.15) is 36.3 Å². The maximum Gasteiger partial charge on any atom is 0.305 e. The molecule has 1 aromatic carbocycles. The number of aliphatic hydroxyl groups excluding tert-OH is 1. The summed E-state index contributed by atoms with van der Waals surface area (Å²) in [6.45, 7) is 0. The molecule has 1 aliphatic carbocycles. The molecule has 0 spiro atoms. The Balaban J connectivity index is 2.21. The summed E-state index contributed by atoms with van der Waals surface area (Å²) >= 11 is 0. The molecule has 0 aliphatic heterocycles. The first-order valence-electron chi connectivity index (χ1n) is 5.66. The van der Waals surface area contributed by atoms with Crippen LogP contribution in [0.3, 0.4) is 0 Å². The van der Waals surface area contributed by atoms with E-state index in [9.17, 15) is 9.90 Å². The Kier molecular flexibility index (Phi) is 3.25. The summed E-state index contributed by atoms with van der Waals surface area (Å²) in [6, 6.07) is 8.01. The summed E-state index contributed by atoms with van der Waals surface area (Å²) in [4.78, 5) is 10.6. The third kappa shape index (κ3) is 2.25. The van der Waals surface area contributed by atoms with Crippen LogP contribution in [-0.4, -0.2) is 22.3 Å². The second-order valence-corrected chi connectivity index (χ2v) is 4.36. The van der Waals surface area contributed by atoms with Crippen LogP contribution >= 0.6 is 0 Å². The average molecular weight is 220 g/mol. The molecule has 0 saturated carbocycles. The van der Waals surface area contributed by atoms with E-state index in [1.807, 2.05) is 18.2 Å². The van der Waals surface area contributed by atoms with Crippen LogP contribution in [-0.2, 0) is 11.2 Å². The molecule has 0 saturated heterocycles. The standard InChI is InChI=1S/C13H16O3/c14-12(8-13(15)16)11-7-3-5-9-4-1-2-6-10(9)11/h1-2,4,6,11-12,14H,3,5,7-8H2,(H,15,16)/t11?,12-/m1/s1. The molecule has 2 atom stereocenters. The molecule has 0 amide bonds. The molecule has 0 heterocycles. The highest BCUT2D eigenvalue weighted by Gasteiger charge is 2.27. The molecule has 0 radical (unpaired) electrons. The molecule has 0 aromatic heterocycles. The Hall–Kier alpha value is -1.35. The molecule has 0 bridgehead atoms. The van der Waals surface area contributed by atoms with Crippen molar-refractivity contribution >= 4 is 5.97 Å². The van der Waals surface area contributed by atoms with E-state index in [0.29, 0.717) is 0 Å². The number of aryl methyl sites for hydroxylation is 1. The Morgan fingerprint density at radius 3 is 2.94 bits per heavy atom. The third-order valence-electron chi connectivity index (χ3n) is 3.26. The van der Waals surface area contributed by atoms with Crippen LogP contribution in [0.15, 0.2) is 24.3 Å². The number of carboxylic acids is 1. The minimum Gasteiger partial charge on any atom is -0.481 e. The van der Waals surface area contributed by atoms with E-state index in [1.165, 1.54) is 5.56 Å². The van der Waals surface area contributed by atoms with Gasteiger partial charge in [-0.2, -0.15) is 0 Å². The average Bonchev–Trinajstić information content (AvgIpc) is 2.27. The molecular weight excluding hydrogens is 204 g/mol. The van der Waals surface area contributed by atoms with Crippen LogP contribution < -0.4 is 0 Å². The topological polar surface area (TPSA) is 57.5 Å². The van der Waals surface area contributed by atoms with Gasteiger partial charge in [0.05, 0.1) is 12.5 Å². The van der Waals surface area contributed by atoms with Crippen LogP contribution in [0.4, 0.5) is 0 Å². The SMILES string of the molecule is O=C(O)C[C@@H](O)C1CCCc2ccccc21. The predicted molar refractivity (Wildman–Crippen MR) is 60.4 cm³/mol. The van der Waals surface area contributed by atoms with E-state index in [2.05, 4.69) is 6.07 Å². The molecule has 1 aliphatic rings. The number of benzene rings is 1. The highest BCUT2D eigenvalue weighted by Crippen LogP contribution is 2.34. The fourth-order valence-corrected chi connectivity index (χ4v) is 2.51. The number of aliphatic hydroxyl groups is 1. The molecule has 86 valence electrons. The van der Waals surface area contributed by atoms with E-state index in [-0.39, 0.29) is 12.3 Å². The van der Waals surface area contributed by atoms with Crippen molar-refractivity contribution < 1.29 is 15.0 Å². The largest absolute Gasteiger partial charge is 0.481 e. The van der Waals surface area contributed by atoms with Gasteiger partial charge < -0.3 is 10.2 Å². The Labute approximate surface area is 94.7 Å². The lowest BCUT2D eigenvalue weighted by molar-refractivity contribution is -0.139. The van der Waals surface area contributed by atoms with Gasteiger partial charge in [-0.05, 0) is 30.4 Å². The van der Waals surface area contributed by atoms with Crippen LogP contribution in [0.25, 0.3) is 0 Å². The van der Waals surface area contributed by atoms with Gasteiger partial charge in [-0.3, -0.25) is 4.79 Å². The lowest BCUT2D eigenvalue weighted by Crippen LogP contribution is -2.25. The van der Waals surface area contributed by atoms with Gasteiger partial charge in [0.25, 0.3) is 0 Å². The van der Waals surface area contributed by atoms with Gasteiger partial charge in [0.2, 0.25) is 0 Å². The number of hydrogen-bond acceptors (Lipinski definition) is 2. The zero-order valence-electron chi connectivity index (χ0n) is 9.10. The number of rotatable bonds is 3. The Morgan fingerprint density at radius 2 is 2.19 bits per heavy atom. The van der Waals surface area contributed by atoms with Crippen molar-refractivity contribution in [3.05, 3.63) is 35.4 Å². The highest BCUT2D eigenvalue weighted by molar-refractivity contribution is 5.67. The molecule has 1 aromatic rings. The van der Waals surface area contributed by atoms with Crippen molar-refractivity contribution in [3.63, 3.8) is 0 Å². The Morgan fingerprint density at radius 1 is 1.44 bits per heavy atom. The van der Waals surface area contributed by atoms with Crippen molar-refractivity contribution in [1.29, 1.82) is 0 Å². The maximum atomic E-state index is 10.6. The summed E-state index contributed by atoms with van der Waals surface area (Å²) < 4.78 is 0. The van der Waals surface area contributed by atoms with E-state index in [1.54, 1.807) is 0 Å². The molecule has 2 N–H and O–H groups in total. The number of carbonyl (C=O) groups is 1. The molecule has 3 heteroatoms. The monoisotopic (exact) mass is 220 g/mol. The van der Waals surface area contributed by atoms with Gasteiger partial charge in [0, 0.05) is 5.92 Å². The van der Waals surface area contributed by atoms with E-state index in [4.69, 9.17) is 5.11 Å². The van der Waals surface area contributed by atoms with Gasteiger partial charge in [-0.15, -0.1) is 0 Å². The number of hydrogen-bond donors (Lipinski definition) is 2. The predicted octanol–water partition coefficient (Wildman–Crippen LogP) is 1.94. The molecule has 3 nitrogen and oxygen atoms in total. The lowest BCUT2D eigenvalue weighted by atomic mass is 9.79. The fourth-order valence-electron chi connectivity index (χ4n) is 2.51. The second-order valence-electron chi connectivity index (χ2n) is 4.36. The molecular formula is C13H16O3. The van der Waals surface area contributed by atoms with Crippen molar-refractivity contribution in [2.45, 2.75) is 37.7 Å². The van der Waals surface area contributed by atoms with Gasteiger partial charge in [-0.25, -0.2) is 0 Å². The highest BCUT2D eigenvalue weighted by atomic mass is 16.4. The van der Waals surface area contributed by atoms with Crippen molar-refractivity contribution in [3.8, 4) is 0 Å². The van der Waals surface area contributed by atoms with Gasteiger partial charge in [0.15, 0.2) is 0 Å². The number of aliphatic carboxylic acids is 1. The summed E-state index contributed by atoms with van der Waals surface area (Å²) in [7, 11) is 0. The van der Waals surface area contributed by atoms with E-state index in [0.717, 1.165) is 24.8 Å². The zero-order valence-corrected chi connectivity index (χ0v) is 9.10. The van der Waals surface area contributed by atoms with Gasteiger partial charge >= 0.3 is 5.97 Å². The molecule has 16 heavy (non-hydrogen) atoms. The van der Waals surface area contributed by atoms with Crippen LogP contribution in [0, 0.1) is 0 Å². The summed E-state index contributed by atoms with van der Waals surface area (Å²) in [5.41, 5.74) is 2.38. The second kappa shape index (κ2) is 4.66. The number of carboxylic acid groups (broad SMARTS) is 1. The number of fused-ring (bicyclic) bond motifs is 1. The first-order valence-corrected chi connectivity index (χ1v) is 5.66. The Bertz CT molecular complexity index is 387. The maximum absolute atomic E-state index is 10.6. The lowest BCUT2D eigenvalue weighted by Gasteiger charge is -2.28. The minimum atomic E-state index is -0.935. The van der Waals surface area contributed by atoms with Crippen molar-refractivity contribution in [2.24, 2.45) is 0 Å². The van der Waals surface area contributed by atoms with Gasteiger partial charge in [-0.1, -0.05) is 24.3 Å². The fraction of sp³-hybridized carbons (Fsp3) is 0.462. The quantitative estimate of drug-likeness (QED) is 0.818.